The standard InChI is InChI=1S/C18H34N2O/c1-4-14-19-15-8-10-16(11-9-15)20(3)17(21)18(5-2)12-6-7-13-18/h15-16,19H,4-14H2,1-3H3. The van der Waals surface area contributed by atoms with Gasteiger partial charge in [-0.15, -0.1) is 0 Å². The van der Waals surface area contributed by atoms with Gasteiger partial charge in [0, 0.05) is 24.5 Å². The zero-order valence-electron chi connectivity index (χ0n) is 14.3. The largest absolute Gasteiger partial charge is 0.342 e. The van der Waals surface area contributed by atoms with E-state index >= 15 is 0 Å². The van der Waals surface area contributed by atoms with E-state index in [-0.39, 0.29) is 5.41 Å². The molecule has 0 heterocycles. The van der Waals surface area contributed by atoms with Crippen LogP contribution in [0.3, 0.4) is 0 Å². The highest BCUT2D eigenvalue weighted by atomic mass is 16.2. The van der Waals surface area contributed by atoms with Crippen LogP contribution in [-0.4, -0.2) is 36.5 Å². The van der Waals surface area contributed by atoms with Gasteiger partial charge in [0.15, 0.2) is 0 Å². The lowest BCUT2D eigenvalue weighted by Gasteiger charge is -2.39. The fourth-order valence-electron chi connectivity index (χ4n) is 4.33. The minimum atomic E-state index is -0.0218. The Morgan fingerprint density at radius 1 is 1.14 bits per heavy atom. The summed E-state index contributed by atoms with van der Waals surface area (Å²) in [6.45, 7) is 5.54. The highest BCUT2D eigenvalue weighted by Gasteiger charge is 2.42. The Morgan fingerprint density at radius 3 is 2.29 bits per heavy atom. The molecule has 2 aliphatic rings. The molecule has 21 heavy (non-hydrogen) atoms. The minimum Gasteiger partial charge on any atom is -0.342 e. The van der Waals surface area contributed by atoms with Crippen LogP contribution in [0.15, 0.2) is 0 Å². The molecular formula is C18H34N2O. The van der Waals surface area contributed by atoms with E-state index in [1.165, 1.54) is 44.9 Å². The summed E-state index contributed by atoms with van der Waals surface area (Å²) in [5.41, 5.74) is -0.0218. The molecule has 1 N–H and O–H groups in total. The van der Waals surface area contributed by atoms with Crippen LogP contribution >= 0.6 is 0 Å². The Labute approximate surface area is 130 Å². The van der Waals surface area contributed by atoms with Crippen molar-refractivity contribution in [3.05, 3.63) is 0 Å². The van der Waals surface area contributed by atoms with Gasteiger partial charge >= 0.3 is 0 Å². The van der Waals surface area contributed by atoms with Gasteiger partial charge in [0.1, 0.15) is 0 Å². The van der Waals surface area contributed by atoms with Crippen molar-refractivity contribution < 1.29 is 4.79 Å². The van der Waals surface area contributed by atoms with Gasteiger partial charge in [-0.25, -0.2) is 0 Å². The third-order valence-corrected chi connectivity index (χ3v) is 5.94. The van der Waals surface area contributed by atoms with Gasteiger partial charge in [-0.3, -0.25) is 4.79 Å². The molecule has 0 bridgehead atoms. The van der Waals surface area contributed by atoms with E-state index in [0.29, 0.717) is 18.0 Å². The number of hydrogen-bond acceptors (Lipinski definition) is 2. The first-order chi connectivity index (χ1) is 10.1. The topological polar surface area (TPSA) is 32.3 Å². The number of rotatable bonds is 6. The van der Waals surface area contributed by atoms with Crippen LogP contribution in [0.4, 0.5) is 0 Å². The molecule has 0 aliphatic heterocycles. The molecule has 0 atom stereocenters. The van der Waals surface area contributed by atoms with Gasteiger partial charge in [-0.2, -0.15) is 0 Å². The summed E-state index contributed by atoms with van der Waals surface area (Å²) in [5.74, 6) is 0.437. The van der Waals surface area contributed by atoms with Crippen LogP contribution in [-0.2, 0) is 4.79 Å². The molecule has 0 radical (unpaired) electrons. The normalized spacial score (nSPS) is 28.5. The summed E-state index contributed by atoms with van der Waals surface area (Å²) in [6, 6.07) is 1.15. The van der Waals surface area contributed by atoms with Gasteiger partial charge in [0.25, 0.3) is 0 Å². The average Bonchev–Trinajstić information content (AvgIpc) is 3.02. The van der Waals surface area contributed by atoms with Crippen molar-refractivity contribution in [2.45, 2.75) is 90.1 Å². The van der Waals surface area contributed by atoms with Crippen molar-refractivity contribution in [3.8, 4) is 0 Å². The van der Waals surface area contributed by atoms with E-state index in [1.54, 1.807) is 0 Å². The lowest BCUT2D eigenvalue weighted by Crippen LogP contribution is -2.48. The maximum absolute atomic E-state index is 13.0. The first-order valence-corrected chi connectivity index (χ1v) is 9.13. The molecule has 0 aromatic carbocycles. The van der Waals surface area contributed by atoms with Crippen LogP contribution in [0.2, 0.25) is 0 Å². The highest BCUT2D eigenvalue weighted by Crippen LogP contribution is 2.43. The quantitative estimate of drug-likeness (QED) is 0.809. The third-order valence-electron chi connectivity index (χ3n) is 5.94. The monoisotopic (exact) mass is 294 g/mol. The van der Waals surface area contributed by atoms with Crippen molar-refractivity contribution >= 4 is 5.91 Å². The number of amides is 1. The Morgan fingerprint density at radius 2 is 1.76 bits per heavy atom. The molecule has 2 saturated carbocycles. The second-order valence-electron chi connectivity index (χ2n) is 7.22. The molecule has 1 amide bonds. The predicted molar refractivity (Wildman–Crippen MR) is 88.3 cm³/mol. The first kappa shape index (κ1) is 16.8. The second-order valence-corrected chi connectivity index (χ2v) is 7.22. The van der Waals surface area contributed by atoms with Crippen LogP contribution < -0.4 is 5.32 Å². The van der Waals surface area contributed by atoms with Gasteiger partial charge in [-0.05, 0) is 57.9 Å². The molecule has 122 valence electrons. The number of nitrogens with one attached hydrogen (secondary N) is 1. The molecule has 0 unspecified atom stereocenters. The van der Waals surface area contributed by atoms with Gasteiger partial charge in [-0.1, -0.05) is 26.7 Å². The number of hydrogen-bond donors (Lipinski definition) is 1. The van der Waals surface area contributed by atoms with Crippen molar-refractivity contribution in [3.63, 3.8) is 0 Å². The molecule has 2 aliphatic carbocycles. The van der Waals surface area contributed by atoms with E-state index in [9.17, 15) is 4.79 Å². The maximum Gasteiger partial charge on any atom is 0.228 e. The Balaban J connectivity index is 1.86. The van der Waals surface area contributed by atoms with Crippen molar-refractivity contribution in [2.75, 3.05) is 13.6 Å². The van der Waals surface area contributed by atoms with Crippen LogP contribution in [0.5, 0.6) is 0 Å². The molecule has 2 fully saturated rings. The van der Waals surface area contributed by atoms with E-state index < -0.39 is 0 Å². The summed E-state index contributed by atoms with van der Waals surface area (Å²) in [7, 11) is 2.06. The second kappa shape index (κ2) is 7.62. The fourth-order valence-corrected chi connectivity index (χ4v) is 4.33. The molecular weight excluding hydrogens is 260 g/mol. The zero-order valence-corrected chi connectivity index (χ0v) is 14.3. The summed E-state index contributed by atoms with van der Waals surface area (Å²) in [5, 5.41) is 3.63. The van der Waals surface area contributed by atoms with Gasteiger partial charge in [0.2, 0.25) is 5.91 Å². The van der Waals surface area contributed by atoms with E-state index in [1.807, 2.05) is 0 Å². The summed E-state index contributed by atoms with van der Waals surface area (Å²) < 4.78 is 0. The van der Waals surface area contributed by atoms with Crippen molar-refractivity contribution in [1.29, 1.82) is 0 Å². The van der Waals surface area contributed by atoms with E-state index in [4.69, 9.17) is 0 Å². The number of carbonyl (C=O) groups is 1. The van der Waals surface area contributed by atoms with Gasteiger partial charge in [0.05, 0.1) is 0 Å². The molecule has 2 rings (SSSR count). The first-order valence-electron chi connectivity index (χ1n) is 9.13. The average molecular weight is 294 g/mol. The molecule has 0 spiro atoms. The smallest absolute Gasteiger partial charge is 0.228 e. The predicted octanol–water partition coefficient (Wildman–Crippen LogP) is 3.73. The molecule has 3 nitrogen and oxygen atoms in total. The van der Waals surface area contributed by atoms with E-state index in [0.717, 1.165) is 25.8 Å². The van der Waals surface area contributed by atoms with Crippen LogP contribution in [0.1, 0.15) is 78.1 Å². The SMILES string of the molecule is CCCNC1CCC(N(C)C(=O)C2(CC)CCCC2)CC1. The van der Waals surface area contributed by atoms with Crippen molar-refractivity contribution in [2.24, 2.45) is 5.41 Å². The molecule has 0 aromatic rings. The van der Waals surface area contributed by atoms with Crippen LogP contribution in [0.25, 0.3) is 0 Å². The molecule has 0 saturated heterocycles. The van der Waals surface area contributed by atoms with Crippen molar-refractivity contribution in [1.82, 2.24) is 10.2 Å². The zero-order chi connectivity index (χ0) is 15.3. The number of carbonyl (C=O) groups excluding carboxylic acids is 1. The summed E-state index contributed by atoms with van der Waals surface area (Å²) in [4.78, 5) is 15.1. The van der Waals surface area contributed by atoms with Crippen LogP contribution in [0, 0.1) is 5.41 Å². The van der Waals surface area contributed by atoms with Gasteiger partial charge < -0.3 is 10.2 Å². The minimum absolute atomic E-state index is 0.0218. The third kappa shape index (κ3) is 3.80. The highest BCUT2D eigenvalue weighted by molar-refractivity contribution is 5.83. The molecule has 3 heteroatoms. The maximum atomic E-state index is 13.0. The Hall–Kier alpha value is -0.570. The Kier molecular flexibility index (Phi) is 6.09. The summed E-state index contributed by atoms with van der Waals surface area (Å²) in [6.07, 6.45) is 11.7. The van der Waals surface area contributed by atoms with E-state index in [2.05, 4.69) is 31.1 Å². The lowest BCUT2D eigenvalue weighted by atomic mass is 9.80. The lowest BCUT2D eigenvalue weighted by molar-refractivity contribution is -0.143. The Bertz CT molecular complexity index is 328. The molecule has 0 aromatic heterocycles. The summed E-state index contributed by atoms with van der Waals surface area (Å²) >= 11 is 0. The number of nitrogens with zero attached hydrogens (tertiary/aromatic N) is 1. The fraction of sp³-hybridized carbons (Fsp3) is 0.944.